The molecule has 2 aromatic heterocycles. The maximum atomic E-state index is 4.29. The summed E-state index contributed by atoms with van der Waals surface area (Å²) in [5.74, 6) is 0. The number of rotatable bonds is 7. The molecule has 0 unspecified atom stereocenters. The molecule has 0 saturated carbocycles. The molecule has 1 aliphatic carbocycles. The summed E-state index contributed by atoms with van der Waals surface area (Å²) in [4.78, 5) is 0. The number of nitrogens with zero attached hydrogens (tertiary/aromatic N) is 2. The van der Waals surface area contributed by atoms with Crippen LogP contribution < -0.4 is 0 Å². The third-order valence-electron chi connectivity index (χ3n) is 10.4. The van der Waals surface area contributed by atoms with E-state index < -0.39 is 0 Å². The molecule has 0 bridgehead atoms. The zero-order valence-corrected chi connectivity index (χ0v) is 30.3. The van der Waals surface area contributed by atoms with Crippen molar-refractivity contribution in [1.29, 1.82) is 0 Å². The van der Waals surface area contributed by atoms with Crippen LogP contribution in [-0.4, -0.2) is 9.13 Å². The van der Waals surface area contributed by atoms with Crippen LogP contribution in [0.2, 0.25) is 0 Å². The van der Waals surface area contributed by atoms with E-state index in [4.69, 9.17) is 0 Å². The molecule has 8 aromatic rings. The standard InChI is InChI=1S/C48H38N2.C2H6/c1-3-41-43-31-37(23-29-47(43)49(45(41)4-2)39-25-19-35(20-26-39)33-13-7-5-8-14-33)38-24-30-48-44(32-38)42-17-11-12-18-46(42)50(48)40-27-21-36(22-28-40)34-15-9-6-10-16-34;1-2/h3,5-22,24-28,30-32H,1,4,23,29H2,2H3;1-2H3. The van der Waals surface area contributed by atoms with Crippen LogP contribution in [0.5, 0.6) is 0 Å². The molecule has 0 fully saturated rings. The average Bonchev–Trinajstić information content (AvgIpc) is 3.74. The summed E-state index contributed by atoms with van der Waals surface area (Å²) in [6.07, 6.45) is 7.41. The number of aromatic nitrogens is 2. The molecule has 6 aromatic carbocycles. The summed E-state index contributed by atoms with van der Waals surface area (Å²) < 4.78 is 4.90. The van der Waals surface area contributed by atoms with Gasteiger partial charge in [-0.25, -0.2) is 0 Å². The van der Waals surface area contributed by atoms with E-state index in [1.54, 1.807) is 0 Å². The Hall–Kier alpha value is -6.12. The highest BCUT2D eigenvalue weighted by atomic mass is 15.0. The number of para-hydroxylation sites is 1. The van der Waals surface area contributed by atoms with Gasteiger partial charge in [0, 0.05) is 44.7 Å². The van der Waals surface area contributed by atoms with Crippen molar-refractivity contribution < 1.29 is 0 Å². The lowest BCUT2D eigenvalue weighted by Gasteiger charge is -2.19. The number of allylic oxidation sites excluding steroid dienone is 1. The molecule has 254 valence electrons. The number of fused-ring (bicyclic) bond motifs is 4. The Morgan fingerprint density at radius 1 is 0.538 bits per heavy atom. The molecule has 2 heteroatoms. The zero-order valence-electron chi connectivity index (χ0n) is 30.3. The highest BCUT2D eigenvalue weighted by Crippen LogP contribution is 2.40. The fourth-order valence-electron chi connectivity index (χ4n) is 8.06. The maximum absolute atomic E-state index is 4.29. The van der Waals surface area contributed by atoms with Crippen LogP contribution in [0.1, 0.15) is 55.3 Å². The van der Waals surface area contributed by atoms with E-state index in [1.807, 2.05) is 13.8 Å². The zero-order chi connectivity index (χ0) is 35.6. The van der Waals surface area contributed by atoms with E-state index >= 15 is 0 Å². The van der Waals surface area contributed by atoms with Crippen molar-refractivity contribution in [3.05, 3.63) is 186 Å². The Bertz CT molecular complexity index is 2540. The molecular formula is C50H44N2. The third kappa shape index (κ3) is 5.71. The Labute approximate surface area is 307 Å². The van der Waals surface area contributed by atoms with Gasteiger partial charge in [0.15, 0.2) is 0 Å². The van der Waals surface area contributed by atoms with E-state index in [0.29, 0.717) is 0 Å². The highest BCUT2D eigenvalue weighted by Gasteiger charge is 2.24. The molecule has 52 heavy (non-hydrogen) atoms. The van der Waals surface area contributed by atoms with Crippen molar-refractivity contribution in [3.8, 4) is 33.6 Å². The Morgan fingerprint density at radius 2 is 1.06 bits per heavy atom. The van der Waals surface area contributed by atoms with Crippen LogP contribution in [0.25, 0.3) is 73.2 Å². The second kappa shape index (κ2) is 14.2. The van der Waals surface area contributed by atoms with Crippen molar-refractivity contribution >= 4 is 39.5 Å². The fourth-order valence-corrected chi connectivity index (χ4v) is 8.06. The van der Waals surface area contributed by atoms with Gasteiger partial charge in [0.05, 0.1) is 11.0 Å². The lowest BCUT2D eigenvalue weighted by molar-refractivity contribution is 0.839. The van der Waals surface area contributed by atoms with Crippen molar-refractivity contribution in [2.75, 3.05) is 0 Å². The fraction of sp³-hybridized carbons (Fsp3) is 0.120. The molecule has 1 aliphatic rings. The van der Waals surface area contributed by atoms with Gasteiger partial charge >= 0.3 is 0 Å². The molecule has 0 atom stereocenters. The van der Waals surface area contributed by atoms with Gasteiger partial charge in [0.1, 0.15) is 0 Å². The third-order valence-corrected chi connectivity index (χ3v) is 10.4. The largest absolute Gasteiger partial charge is 0.317 e. The minimum absolute atomic E-state index is 0.940. The van der Waals surface area contributed by atoms with Crippen molar-refractivity contribution in [2.45, 2.75) is 40.0 Å². The molecule has 0 radical (unpaired) electrons. The molecule has 2 heterocycles. The molecule has 2 nitrogen and oxygen atoms in total. The van der Waals surface area contributed by atoms with Crippen LogP contribution in [0.4, 0.5) is 0 Å². The van der Waals surface area contributed by atoms with E-state index in [0.717, 1.165) is 19.3 Å². The number of benzene rings is 6. The Kier molecular flexibility index (Phi) is 9.05. The number of hydrogen-bond acceptors (Lipinski definition) is 0. The molecule has 0 aliphatic heterocycles. The van der Waals surface area contributed by atoms with Crippen molar-refractivity contribution in [2.24, 2.45) is 0 Å². The van der Waals surface area contributed by atoms with Crippen LogP contribution in [0.3, 0.4) is 0 Å². The predicted octanol–water partition coefficient (Wildman–Crippen LogP) is 13.6. The number of hydrogen-bond donors (Lipinski definition) is 0. The second-order valence-corrected chi connectivity index (χ2v) is 13.2. The average molecular weight is 673 g/mol. The summed E-state index contributed by atoms with van der Waals surface area (Å²) in [5, 5.41) is 2.56. The van der Waals surface area contributed by atoms with Crippen LogP contribution in [0.15, 0.2) is 158 Å². The lowest BCUT2D eigenvalue weighted by atomic mass is 9.90. The van der Waals surface area contributed by atoms with Gasteiger partial charge in [0.2, 0.25) is 0 Å². The van der Waals surface area contributed by atoms with Crippen LogP contribution in [0, 0.1) is 0 Å². The van der Waals surface area contributed by atoms with Crippen molar-refractivity contribution in [1.82, 2.24) is 9.13 Å². The van der Waals surface area contributed by atoms with E-state index in [1.165, 1.54) is 89.1 Å². The van der Waals surface area contributed by atoms with Gasteiger partial charge in [0.25, 0.3) is 0 Å². The molecule has 0 spiro atoms. The van der Waals surface area contributed by atoms with Crippen LogP contribution in [-0.2, 0) is 12.8 Å². The Balaban J connectivity index is 0.00000190. The highest BCUT2D eigenvalue weighted by molar-refractivity contribution is 6.10. The summed E-state index contributed by atoms with van der Waals surface area (Å²) in [6, 6.07) is 55.0. The molecule has 9 rings (SSSR count). The monoisotopic (exact) mass is 672 g/mol. The summed E-state index contributed by atoms with van der Waals surface area (Å²) in [5.41, 5.74) is 17.7. The molecule has 0 saturated heterocycles. The first kappa shape index (κ1) is 33.0. The van der Waals surface area contributed by atoms with Crippen molar-refractivity contribution in [3.63, 3.8) is 0 Å². The van der Waals surface area contributed by atoms with Crippen LogP contribution >= 0.6 is 0 Å². The summed E-state index contributed by atoms with van der Waals surface area (Å²) in [6.45, 7) is 10.5. The maximum Gasteiger partial charge on any atom is 0.0541 e. The smallest absolute Gasteiger partial charge is 0.0541 e. The normalized spacial score (nSPS) is 12.2. The molecule has 0 N–H and O–H groups in total. The second-order valence-electron chi connectivity index (χ2n) is 13.2. The minimum Gasteiger partial charge on any atom is -0.317 e. The topological polar surface area (TPSA) is 9.86 Å². The molecular weight excluding hydrogens is 629 g/mol. The summed E-state index contributed by atoms with van der Waals surface area (Å²) in [7, 11) is 0. The van der Waals surface area contributed by atoms with E-state index in [-0.39, 0.29) is 0 Å². The first-order valence-electron chi connectivity index (χ1n) is 18.7. The van der Waals surface area contributed by atoms with Gasteiger partial charge in [-0.3, -0.25) is 0 Å². The lowest BCUT2D eigenvalue weighted by Crippen LogP contribution is -2.07. The van der Waals surface area contributed by atoms with Gasteiger partial charge in [-0.15, -0.1) is 0 Å². The quantitative estimate of drug-likeness (QED) is 0.159. The summed E-state index contributed by atoms with van der Waals surface area (Å²) >= 11 is 0. The first-order chi connectivity index (χ1) is 25.7. The minimum atomic E-state index is 0.940. The SMILES string of the molecule is C=Cc1c2c(n(-c3ccc(-c4ccccc4)cc3)c1CC)CCC(c1ccc3c(c1)c1ccccc1n3-c1ccc(-c3ccccc3)cc1)=C2.CC. The first-order valence-corrected chi connectivity index (χ1v) is 18.7. The predicted molar refractivity (Wildman–Crippen MR) is 224 cm³/mol. The van der Waals surface area contributed by atoms with Gasteiger partial charge < -0.3 is 9.13 Å². The van der Waals surface area contributed by atoms with Gasteiger partial charge in [-0.2, -0.15) is 0 Å². The Morgan fingerprint density at radius 3 is 1.65 bits per heavy atom. The van der Waals surface area contributed by atoms with E-state index in [2.05, 4.69) is 186 Å². The van der Waals surface area contributed by atoms with Gasteiger partial charge in [-0.05, 0) is 101 Å². The van der Waals surface area contributed by atoms with E-state index in [9.17, 15) is 0 Å². The molecule has 0 amide bonds. The van der Waals surface area contributed by atoms with Gasteiger partial charge in [-0.1, -0.05) is 143 Å².